The molecule has 2 heterocycles. The lowest BCUT2D eigenvalue weighted by molar-refractivity contribution is 0.380. The Morgan fingerprint density at radius 1 is 1.17 bits per heavy atom. The highest BCUT2D eigenvalue weighted by molar-refractivity contribution is 7.13. The van der Waals surface area contributed by atoms with Crippen molar-refractivity contribution in [2.75, 3.05) is 37.6 Å². The minimum atomic E-state index is 0.665. The Bertz CT molecular complexity index is 667. The fourth-order valence-corrected chi connectivity index (χ4v) is 3.81. The topological polar surface area (TPSA) is 57.8 Å². The molecule has 128 valence electrons. The molecule has 0 atom stereocenters. The molecule has 3 rings (SSSR count). The summed E-state index contributed by atoms with van der Waals surface area (Å²) < 4.78 is 0. The van der Waals surface area contributed by atoms with Crippen LogP contribution in [0.1, 0.15) is 16.7 Å². The van der Waals surface area contributed by atoms with Crippen LogP contribution in [0.3, 0.4) is 0 Å². The average molecular weight is 344 g/mol. The van der Waals surface area contributed by atoms with Gasteiger partial charge in [-0.15, -0.1) is 11.3 Å². The van der Waals surface area contributed by atoms with Crippen LogP contribution in [0.25, 0.3) is 0 Å². The fraction of sp³-hybridized carbons (Fsp3) is 0.444. The van der Waals surface area contributed by atoms with E-state index >= 15 is 0 Å². The normalized spacial score (nSPS) is 15.8. The summed E-state index contributed by atoms with van der Waals surface area (Å²) in [5.41, 5.74) is 10.1. The summed E-state index contributed by atoms with van der Waals surface area (Å²) in [7, 11) is 0. The van der Waals surface area contributed by atoms with E-state index in [0.717, 1.165) is 44.3 Å². The first-order valence-electron chi connectivity index (χ1n) is 8.38. The second-order valence-corrected chi connectivity index (χ2v) is 7.15. The molecule has 2 aromatic rings. The van der Waals surface area contributed by atoms with Gasteiger partial charge in [0, 0.05) is 44.3 Å². The molecule has 1 saturated heterocycles. The van der Waals surface area contributed by atoms with Crippen LogP contribution in [0, 0.1) is 13.8 Å². The summed E-state index contributed by atoms with van der Waals surface area (Å²) >= 11 is 1.69. The third kappa shape index (κ3) is 4.26. The van der Waals surface area contributed by atoms with E-state index in [-0.39, 0.29) is 0 Å². The van der Waals surface area contributed by atoms with Gasteiger partial charge in [0.1, 0.15) is 0 Å². The second kappa shape index (κ2) is 7.66. The summed E-state index contributed by atoms with van der Waals surface area (Å²) in [5, 5.41) is 3.12. The highest BCUT2D eigenvalue weighted by atomic mass is 32.1. The molecule has 2 N–H and O–H groups in total. The van der Waals surface area contributed by atoms with Gasteiger partial charge in [0.2, 0.25) is 0 Å². The first kappa shape index (κ1) is 16.8. The molecular weight excluding hydrogens is 318 g/mol. The summed E-state index contributed by atoms with van der Waals surface area (Å²) in [6, 6.07) is 6.65. The zero-order valence-electron chi connectivity index (χ0n) is 14.4. The maximum Gasteiger partial charge on any atom is 0.191 e. The second-order valence-electron chi connectivity index (χ2n) is 6.27. The highest BCUT2D eigenvalue weighted by Gasteiger charge is 2.19. The predicted octanol–water partition coefficient (Wildman–Crippen LogP) is 2.44. The molecular formula is C18H25N5S. The first-order valence-corrected chi connectivity index (χ1v) is 9.26. The molecule has 24 heavy (non-hydrogen) atoms. The lowest BCUT2D eigenvalue weighted by Crippen LogP contribution is -2.51. The third-order valence-corrected chi connectivity index (χ3v) is 5.08. The van der Waals surface area contributed by atoms with Gasteiger partial charge in [-0.3, -0.25) is 4.99 Å². The van der Waals surface area contributed by atoms with E-state index in [0.29, 0.717) is 5.96 Å². The number of benzene rings is 1. The number of nitrogens with two attached hydrogens (primary N) is 1. The summed E-state index contributed by atoms with van der Waals surface area (Å²) in [4.78, 5) is 13.4. The van der Waals surface area contributed by atoms with E-state index in [1.54, 1.807) is 11.3 Å². The zero-order chi connectivity index (χ0) is 16.9. The Labute approximate surface area is 147 Å². The monoisotopic (exact) mass is 343 g/mol. The molecule has 0 radical (unpaired) electrons. The summed E-state index contributed by atoms with van der Waals surface area (Å²) in [6.07, 6.45) is 2.79. The third-order valence-electron chi connectivity index (χ3n) is 4.25. The van der Waals surface area contributed by atoms with Crippen LogP contribution < -0.4 is 10.6 Å². The molecule has 0 amide bonds. The molecule has 0 bridgehead atoms. The van der Waals surface area contributed by atoms with Crippen LogP contribution in [-0.4, -0.2) is 48.6 Å². The summed E-state index contributed by atoms with van der Waals surface area (Å²) in [5.74, 6) is 0.665. The fourth-order valence-electron chi connectivity index (χ4n) is 3.11. The number of aromatic nitrogens is 1. The van der Waals surface area contributed by atoms with E-state index in [2.05, 4.69) is 51.8 Å². The number of rotatable bonds is 4. The van der Waals surface area contributed by atoms with Gasteiger partial charge < -0.3 is 15.5 Å². The van der Waals surface area contributed by atoms with Gasteiger partial charge in [0.15, 0.2) is 11.1 Å². The SMILES string of the molecule is Cc1cc(C)cc(CCN=C(N)N2CCN(c3nccs3)CC2)c1. The number of nitrogens with zero attached hydrogens (tertiary/aromatic N) is 4. The van der Waals surface area contributed by atoms with Crippen molar-refractivity contribution in [1.29, 1.82) is 0 Å². The maximum absolute atomic E-state index is 6.18. The molecule has 5 nitrogen and oxygen atoms in total. The van der Waals surface area contributed by atoms with Crippen molar-refractivity contribution in [2.45, 2.75) is 20.3 Å². The molecule has 0 spiro atoms. The van der Waals surface area contributed by atoms with E-state index in [1.165, 1.54) is 16.7 Å². The van der Waals surface area contributed by atoms with Crippen molar-refractivity contribution >= 4 is 22.4 Å². The van der Waals surface area contributed by atoms with Gasteiger partial charge in [-0.2, -0.15) is 0 Å². The van der Waals surface area contributed by atoms with Gasteiger partial charge >= 0.3 is 0 Å². The Morgan fingerprint density at radius 3 is 2.50 bits per heavy atom. The van der Waals surface area contributed by atoms with Crippen molar-refractivity contribution in [3.05, 3.63) is 46.5 Å². The number of anilines is 1. The van der Waals surface area contributed by atoms with E-state index < -0.39 is 0 Å². The van der Waals surface area contributed by atoms with E-state index in [4.69, 9.17) is 5.73 Å². The van der Waals surface area contributed by atoms with Crippen LogP contribution in [0.5, 0.6) is 0 Å². The highest BCUT2D eigenvalue weighted by Crippen LogP contribution is 2.18. The number of hydrogen-bond donors (Lipinski definition) is 1. The minimum absolute atomic E-state index is 0.665. The molecule has 1 aromatic carbocycles. The number of guanidine groups is 1. The van der Waals surface area contributed by atoms with Crippen LogP contribution in [0.2, 0.25) is 0 Å². The van der Waals surface area contributed by atoms with Gasteiger partial charge in [0.05, 0.1) is 0 Å². The molecule has 6 heteroatoms. The van der Waals surface area contributed by atoms with Crippen LogP contribution in [0.4, 0.5) is 5.13 Å². The maximum atomic E-state index is 6.18. The lowest BCUT2D eigenvalue weighted by Gasteiger charge is -2.35. The van der Waals surface area contributed by atoms with Crippen molar-refractivity contribution in [1.82, 2.24) is 9.88 Å². The van der Waals surface area contributed by atoms with Crippen LogP contribution >= 0.6 is 11.3 Å². The smallest absolute Gasteiger partial charge is 0.191 e. The van der Waals surface area contributed by atoms with Crippen molar-refractivity contribution in [2.24, 2.45) is 10.7 Å². The Balaban J connectivity index is 1.49. The number of thiazole rings is 1. The van der Waals surface area contributed by atoms with Gasteiger partial charge in [-0.05, 0) is 25.8 Å². The number of piperazine rings is 1. The van der Waals surface area contributed by atoms with Crippen molar-refractivity contribution in [3.8, 4) is 0 Å². The van der Waals surface area contributed by atoms with Gasteiger partial charge in [-0.25, -0.2) is 4.98 Å². The quantitative estimate of drug-likeness (QED) is 0.684. The van der Waals surface area contributed by atoms with Crippen LogP contribution in [0.15, 0.2) is 34.8 Å². The number of aliphatic imine (C=N–C) groups is 1. The average Bonchev–Trinajstić information content (AvgIpc) is 3.08. The molecule has 0 saturated carbocycles. The molecule has 1 aromatic heterocycles. The first-order chi connectivity index (χ1) is 11.6. The lowest BCUT2D eigenvalue weighted by atomic mass is 10.1. The largest absolute Gasteiger partial charge is 0.370 e. The molecule has 1 aliphatic rings. The zero-order valence-corrected chi connectivity index (χ0v) is 15.2. The predicted molar refractivity (Wildman–Crippen MR) is 102 cm³/mol. The Kier molecular flexibility index (Phi) is 5.35. The van der Waals surface area contributed by atoms with E-state index in [9.17, 15) is 0 Å². The molecule has 0 unspecified atom stereocenters. The molecule has 1 fully saturated rings. The number of aryl methyl sites for hydroxylation is 2. The van der Waals surface area contributed by atoms with Crippen molar-refractivity contribution < 1.29 is 0 Å². The Hall–Kier alpha value is -2.08. The summed E-state index contributed by atoms with van der Waals surface area (Å²) in [6.45, 7) is 8.70. The number of hydrogen-bond acceptors (Lipinski definition) is 4. The Morgan fingerprint density at radius 2 is 1.88 bits per heavy atom. The van der Waals surface area contributed by atoms with Gasteiger partial charge in [-0.1, -0.05) is 29.3 Å². The van der Waals surface area contributed by atoms with E-state index in [1.807, 2.05) is 11.6 Å². The molecule has 1 aliphatic heterocycles. The van der Waals surface area contributed by atoms with Crippen molar-refractivity contribution in [3.63, 3.8) is 0 Å². The molecule has 0 aliphatic carbocycles. The van der Waals surface area contributed by atoms with Crippen LogP contribution in [-0.2, 0) is 6.42 Å². The minimum Gasteiger partial charge on any atom is -0.370 e. The van der Waals surface area contributed by atoms with Gasteiger partial charge in [0.25, 0.3) is 0 Å². The standard InChI is InChI=1S/C18H25N5S/c1-14-11-15(2)13-16(12-14)3-4-20-17(19)22-6-8-23(9-7-22)18-21-5-10-24-18/h5,10-13H,3-4,6-9H2,1-2H3,(H2,19,20).